The number of nitrogens with one attached hydrogen (secondary N) is 1. The van der Waals surface area contributed by atoms with Crippen molar-refractivity contribution < 1.29 is 9.21 Å². The van der Waals surface area contributed by atoms with Crippen LogP contribution in [0.25, 0.3) is 11.5 Å². The molecule has 0 spiro atoms. The molecule has 1 amide bonds. The van der Waals surface area contributed by atoms with Crippen molar-refractivity contribution in [3.63, 3.8) is 0 Å². The molecule has 28 heavy (non-hydrogen) atoms. The number of piperazine rings is 1. The standard InChI is InChI=1S/C20H21ClN4O2S/c21-15-3-1-4-16(11-15)22-19(26)12-24-6-8-25(9-7-24)13-20-23-17(14-28-20)18-5-2-10-27-18/h1-5,10-11,14H,6-9,12-13H2,(H,22,26). The number of furan rings is 1. The van der Waals surface area contributed by atoms with Gasteiger partial charge in [-0.1, -0.05) is 17.7 Å². The first-order valence-electron chi connectivity index (χ1n) is 9.14. The molecule has 2 aromatic heterocycles. The molecule has 6 nitrogen and oxygen atoms in total. The van der Waals surface area contributed by atoms with Gasteiger partial charge in [0.1, 0.15) is 10.7 Å². The number of halogens is 1. The van der Waals surface area contributed by atoms with Gasteiger partial charge in [-0.05, 0) is 30.3 Å². The molecule has 3 aromatic rings. The third-order valence-electron chi connectivity index (χ3n) is 4.62. The van der Waals surface area contributed by atoms with Crippen LogP contribution in [0.4, 0.5) is 5.69 Å². The van der Waals surface area contributed by atoms with Gasteiger partial charge >= 0.3 is 0 Å². The molecule has 1 aliphatic heterocycles. The highest BCUT2D eigenvalue weighted by Crippen LogP contribution is 2.23. The van der Waals surface area contributed by atoms with Crippen LogP contribution in [0.2, 0.25) is 5.02 Å². The summed E-state index contributed by atoms with van der Waals surface area (Å²) in [5.74, 6) is 0.789. The van der Waals surface area contributed by atoms with Crippen molar-refractivity contribution in [3.05, 3.63) is 58.1 Å². The molecule has 0 radical (unpaired) electrons. The summed E-state index contributed by atoms with van der Waals surface area (Å²) in [5, 5.41) is 6.63. The fourth-order valence-electron chi connectivity index (χ4n) is 3.19. The summed E-state index contributed by atoms with van der Waals surface area (Å²) in [6, 6.07) is 11.0. The van der Waals surface area contributed by atoms with E-state index in [0.717, 1.165) is 54.9 Å². The number of anilines is 1. The molecule has 0 unspecified atom stereocenters. The van der Waals surface area contributed by atoms with E-state index in [1.165, 1.54) is 0 Å². The number of aromatic nitrogens is 1. The molecule has 4 rings (SSSR count). The number of rotatable bonds is 6. The topological polar surface area (TPSA) is 61.6 Å². The summed E-state index contributed by atoms with van der Waals surface area (Å²) in [4.78, 5) is 21.5. The SMILES string of the molecule is O=C(CN1CCN(Cc2nc(-c3ccco3)cs2)CC1)Nc1cccc(Cl)c1. The van der Waals surface area contributed by atoms with Gasteiger partial charge in [0.15, 0.2) is 5.76 Å². The summed E-state index contributed by atoms with van der Waals surface area (Å²) in [6.45, 7) is 4.77. The Kier molecular flexibility index (Phi) is 6.07. The Morgan fingerprint density at radius 1 is 1.18 bits per heavy atom. The van der Waals surface area contributed by atoms with Crippen LogP contribution in [0.3, 0.4) is 0 Å². The molecule has 1 aliphatic rings. The van der Waals surface area contributed by atoms with E-state index in [1.54, 1.807) is 29.7 Å². The number of hydrogen-bond donors (Lipinski definition) is 1. The fourth-order valence-corrected chi connectivity index (χ4v) is 4.20. The first-order valence-corrected chi connectivity index (χ1v) is 10.4. The van der Waals surface area contributed by atoms with Gasteiger partial charge in [0.2, 0.25) is 5.91 Å². The second-order valence-electron chi connectivity index (χ2n) is 6.71. The normalized spacial score (nSPS) is 15.6. The maximum Gasteiger partial charge on any atom is 0.238 e. The zero-order valence-electron chi connectivity index (χ0n) is 15.3. The second kappa shape index (κ2) is 8.87. The maximum atomic E-state index is 12.3. The maximum absolute atomic E-state index is 12.3. The molecule has 0 bridgehead atoms. The van der Waals surface area contributed by atoms with Crippen LogP contribution in [-0.4, -0.2) is 53.4 Å². The van der Waals surface area contributed by atoms with Crippen LogP contribution in [-0.2, 0) is 11.3 Å². The lowest BCUT2D eigenvalue weighted by atomic mass is 10.3. The smallest absolute Gasteiger partial charge is 0.238 e. The van der Waals surface area contributed by atoms with E-state index < -0.39 is 0 Å². The monoisotopic (exact) mass is 416 g/mol. The van der Waals surface area contributed by atoms with E-state index in [0.29, 0.717) is 11.6 Å². The Balaban J connectivity index is 1.23. The van der Waals surface area contributed by atoms with Gasteiger partial charge in [-0.15, -0.1) is 11.3 Å². The van der Waals surface area contributed by atoms with Crippen molar-refractivity contribution in [3.8, 4) is 11.5 Å². The van der Waals surface area contributed by atoms with Gasteiger partial charge in [-0.2, -0.15) is 0 Å². The molecular weight excluding hydrogens is 396 g/mol. The van der Waals surface area contributed by atoms with Crippen molar-refractivity contribution in [2.75, 3.05) is 38.0 Å². The van der Waals surface area contributed by atoms with E-state index in [1.807, 2.05) is 29.6 Å². The van der Waals surface area contributed by atoms with Crippen LogP contribution < -0.4 is 5.32 Å². The lowest BCUT2D eigenvalue weighted by Crippen LogP contribution is -2.48. The predicted molar refractivity (Wildman–Crippen MR) is 112 cm³/mol. The molecule has 0 atom stereocenters. The summed E-state index contributed by atoms with van der Waals surface area (Å²) < 4.78 is 5.40. The summed E-state index contributed by atoms with van der Waals surface area (Å²) in [6.07, 6.45) is 1.66. The molecule has 0 aliphatic carbocycles. The molecule has 1 fully saturated rings. The largest absolute Gasteiger partial charge is 0.463 e. The van der Waals surface area contributed by atoms with Gasteiger partial charge in [0.25, 0.3) is 0 Å². The van der Waals surface area contributed by atoms with Gasteiger partial charge < -0.3 is 9.73 Å². The highest BCUT2D eigenvalue weighted by molar-refractivity contribution is 7.09. The lowest BCUT2D eigenvalue weighted by Gasteiger charge is -2.33. The van der Waals surface area contributed by atoms with E-state index in [9.17, 15) is 4.79 Å². The summed E-state index contributed by atoms with van der Waals surface area (Å²) in [5.41, 5.74) is 1.62. The number of hydrogen-bond acceptors (Lipinski definition) is 6. The van der Waals surface area contributed by atoms with Crippen LogP contribution in [0.5, 0.6) is 0 Å². The molecule has 1 saturated heterocycles. The minimum absolute atomic E-state index is 0.0151. The van der Waals surface area contributed by atoms with Crippen molar-refractivity contribution in [2.45, 2.75) is 6.54 Å². The number of carbonyl (C=O) groups excluding carboxylic acids is 1. The van der Waals surface area contributed by atoms with Crippen molar-refractivity contribution in [1.82, 2.24) is 14.8 Å². The summed E-state index contributed by atoms with van der Waals surface area (Å²) >= 11 is 7.61. The molecule has 3 heterocycles. The predicted octanol–water partition coefficient (Wildman–Crippen LogP) is 3.81. The van der Waals surface area contributed by atoms with E-state index in [4.69, 9.17) is 16.0 Å². The quantitative estimate of drug-likeness (QED) is 0.662. The number of amides is 1. The van der Waals surface area contributed by atoms with Crippen LogP contribution in [0.1, 0.15) is 5.01 Å². The number of carbonyl (C=O) groups is 1. The third-order valence-corrected chi connectivity index (χ3v) is 5.69. The Morgan fingerprint density at radius 2 is 2.00 bits per heavy atom. The highest BCUT2D eigenvalue weighted by atomic mass is 35.5. The van der Waals surface area contributed by atoms with Gasteiger partial charge in [0.05, 0.1) is 19.4 Å². The minimum Gasteiger partial charge on any atom is -0.463 e. The van der Waals surface area contributed by atoms with Crippen LogP contribution >= 0.6 is 22.9 Å². The molecule has 1 aromatic carbocycles. The number of thiazole rings is 1. The highest BCUT2D eigenvalue weighted by Gasteiger charge is 2.20. The Bertz CT molecular complexity index is 920. The van der Waals surface area contributed by atoms with Crippen LogP contribution in [0, 0.1) is 0 Å². The number of nitrogens with zero attached hydrogens (tertiary/aromatic N) is 3. The van der Waals surface area contributed by atoms with E-state index in [-0.39, 0.29) is 5.91 Å². The summed E-state index contributed by atoms with van der Waals surface area (Å²) in [7, 11) is 0. The van der Waals surface area contributed by atoms with Crippen molar-refractivity contribution in [1.29, 1.82) is 0 Å². The van der Waals surface area contributed by atoms with E-state index in [2.05, 4.69) is 20.1 Å². The molecule has 8 heteroatoms. The minimum atomic E-state index is -0.0151. The van der Waals surface area contributed by atoms with Crippen molar-refractivity contribution >= 4 is 34.5 Å². The van der Waals surface area contributed by atoms with Gasteiger partial charge in [-0.3, -0.25) is 14.6 Å². The first kappa shape index (κ1) is 19.1. The molecule has 1 N–H and O–H groups in total. The molecule has 0 saturated carbocycles. The zero-order chi connectivity index (χ0) is 19.3. The average molecular weight is 417 g/mol. The van der Waals surface area contributed by atoms with Gasteiger partial charge in [-0.25, -0.2) is 4.98 Å². The Morgan fingerprint density at radius 3 is 2.75 bits per heavy atom. The zero-order valence-corrected chi connectivity index (χ0v) is 16.9. The number of benzene rings is 1. The molecule has 146 valence electrons. The van der Waals surface area contributed by atoms with Crippen LogP contribution in [0.15, 0.2) is 52.5 Å². The lowest BCUT2D eigenvalue weighted by molar-refractivity contribution is -0.117. The first-order chi connectivity index (χ1) is 13.7. The second-order valence-corrected chi connectivity index (χ2v) is 8.09. The van der Waals surface area contributed by atoms with Gasteiger partial charge in [0, 0.05) is 42.3 Å². The Hall–Kier alpha value is -2.19. The average Bonchev–Trinajstić information content (AvgIpc) is 3.35. The fraction of sp³-hybridized carbons (Fsp3) is 0.300. The van der Waals surface area contributed by atoms with Crippen molar-refractivity contribution in [2.24, 2.45) is 0 Å². The Labute approximate surface area is 172 Å². The molecular formula is C20H21ClN4O2S. The third kappa shape index (κ3) is 4.99. The van der Waals surface area contributed by atoms with E-state index >= 15 is 0 Å².